The molecule has 0 aliphatic heterocycles. The van der Waals surface area contributed by atoms with Gasteiger partial charge in [0.05, 0.1) is 0 Å². The molecule has 0 fully saturated rings. The van der Waals surface area contributed by atoms with Crippen molar-refractivity contribution in [3.05, 3.63) is 24.3 Å². The van der Waals surface area contributed by atoms with E-state index >= 15 is 0 Å². The molecule has 0 aromatic heterocycles. The molecule has 0 heterocycles. The molecule has 0 unspecified atom stereocenters. The highest BCUT2D eigenvalue weighted by Gasteiger charge is 1.75. The van der Waals surface area contributed by atoms with E-state index in [2.05, 4.69) is 13.0 Å². The Hall–Kier alpha value is -0.560. The molecule has 0 radical (unpaired) electrons. The van der Waals surface area contributed by atoms with Crippen molar-refractivity contribution in [2.75, 3.05) is 6.61 Å². The SMILES string of the molecule is CCCCC=CC=CCCO. The average molecular weight is 154 g/mol. The Morgan fingerprint density at radius 3 is 2.27 bits per heavy atom. The summed E-state index contributed by atoms with van der Waals surface area (Å²) in [6.45, 7) is 2.44. The summed E-state index contributed by atoms with van der Waals surface area (Å²) in [4.78, 5) is 0. The molecule has 0 atom stereocenters. The standard InChI is InChI=1S/C10H18O/c1-2-3-4-5-6-7-8-9-10-11/h5-8,11H,2-4,9-10H2,1H3. The minimum Gasteiger partial charge on any atom is -0.396 e. The Morgan fingerprint density at radius 1 is 1.09 bits per heavy atom. The normalized spacial score (nSPS) is 11.8. The second-order valence-electron chi connectivity index (χ2n) is 2.51. The monoisotopic (exact) mass is 154 g/mol. The van der Waals surface area contributed by atoms with Crippen molar-refractivity contribution >= 4 is 0 Å². The Bertz CT molecular complexity index is 114. The summed E-state index contributed by atoms with van der Waals surface area (Å²) in [6.07, 6.45) is 12.6. The van der Waals surface area contributed by atoms with Crippen LogP contribution in [-0.2, 0) is 0 Å². The lowest BCUT2D eigenvalue weighted by Crippen LogP contribution is -1.73. The van der Waals surface area contributed by atoms with Gasteiger partial charge in [0.1, 0.15) is 0 Å². The van der Waals surface area contributed by atoms with Gasteiger partial charge < -0.3 is 5.11 Å². The zero-order chi connectivity index (χ0) is 8.36. The third-order valence-corrected chi connectivity index (χ3v) is 1.40. The number of hydrogen-bond acceptors (Lipinski definition) is 1. The molecule has 1 nitrogen and oxygen atoms in total. The predicted molar refractivity (Wildman–Crippen MR) is 49.5 cm³/mol. The number of aliphatic hydroxyl groups is 1. The molecule has 0 aromatic rings. The number of aliphatic hydroxyl groups excluding tert-OH is 1. The maximum Gasteiger partial charge on any atom is 0.0465 e. The maximum atomic E-state index is 8.43. The second kappa shape index (κ2) is 9.44. The van der Waals surface area contributed by atoms with E-state index in [1.54, 1.807) is 0 Å². The van der Waals surface area contributed by atoms with Crippen molar-refractivity contribution in [2.45, 2.75) is 32.6 Å². The van der Waals surface area contributed by atoms with Crippen LogP contribution in [0.4, 0.5) is 0 Å². The van der Waals surface area contributed by atoms with E-state index in [0.717, 1.165) is 6.42 Å². The first-order valence-corrected chi connectivity index (χ1v) is 4.34. The molecule has 0 amide bonds. The van der Waals surface area contributed by atoms with E-state index < -0.39 is 0 Å². The molecule has 0 rings (SSSR count). The van der Waals surface area contributed by atoms with Gasteiger partial charge in [-0.1, -0.05) is 44.1 Å². The topological polar surface area (TPSA) is 20.2 Å². The zero-order valence-corrected chi connectivity index (χ0v) is 7.29. The summed E-state index contributed by atoms with van der Waals surface area (Å²) in [5.74, 6) is 0. The van der Waals surface area contributed by atoms with Gasteiger partial charge in [0.15, 0.2) is 0 Å². The highest BCUT2D eigenvalue weighted by atomic mass is 16.2. The molecule has 1 N–H and O–H groups in total. The van der Waals surface area contributed by atoms with Gasteiger partial charge in [-0.15, -0.1) is 0 Å². The van der Waals surface area contributed by atoms with E-state index in [-0.39, 0.29) is 6.61 Å². The summed E-state index contributed by atoms with van der Waals surface area (Å²) >= 11 is 0. The number of allylic oxidation sites excluding steroid dienone is 3. The lowest BCUT2D eigenvalue weighted by atomic mass is 10.2. The van der Waals surface area contributed by atoms with Crippen LogP contribution in [0.2, 0.25) is 0 Å². The largest absolute Gasteiger partial charge is 0.396 e. The third kappa shape index (κ3) is 9.44. The fourth-order valence-corrected chi connectivity index (χ4v) is 0.746. The molecule has 64 valence electrons. The number of unbranched alkanes of at least 4 members (excludes halogenated alkanes) is 2. The Balaban J connectivity index is 3.14. The van der Waals surface area contributed by atoms with E-state index in [0.29, 0.717) is 0 Å². The van der Waals surface area contributed by atoms with E-state index in [1.165, 1.54) is 19.3 Å². The predicted octanol–water partition coefficient (Wildman–Crippen LogP) is 2.67. The van der Waals surface area contributed by atoms with Gasteiger partial charge in [0.2, 0.25) is 0 Å². The molecule has 0 saturated heterocycles. The van der Waals surface area contributed by atoms with Crippen LogP contribution in [0.15, 0.2) is 24.3 Å². The zero-order valence-electron chi connectivity index (χ0n) is 7.29. The van der Waals surface area contributed by atoms with Gasteiger partial charge in [-0.2, -0.15) is 0 Å². The molecule has 0 spiro atoms. The third-order valence-electron chi connectivity index (χ3n) is 1.40. The molecule has 0 bridgehead atoms. The summed E-state index contributed by atoms with van der Waals surface area (Å²) in [5, 5.41) is 8.43. The van der Waals surface area contributed by atoms with Gasteiger partial charge in [-0.05, 0) is 12.8 Å². The first-order chi connectivity index (χ1) is 5.41. The van der Waals surface area contributed by atoms with Crippen molar-refractivity contribution < 1.29 is 5.11 Å². The molecule has 0 aromatic carbocycles. The minimum atomic E-state index is 0.249. The van der Waals surface area contributed by atoms with Crippen molar-refractivity contribution in [3.63, 3.8) is 0 Å². The highest BCUT2D eigenvalue weighted by molar-refractivity contribution is 5.02. The second-order valence-corrected chi connectivity index (χ2v) is 2.51. The average Bonchev–Trinajstić information content (AvgIpc) is 2.03. The van der Waals surface area contributed by atoms with Crippen LogP contribution >= 0.6 is 0 Å². The maximum absolute atomic E-state index is 8.43. The fraction of sp³-hybridized carbons (Fsp3) is 0.600. The van der Waals surface area contributed by atoms with Crippen LogP contribution in [0.3, 0.4) is 0 Å². The van der Waals surface area contributed by atoms with Crippen molar-refractivity contribution in [3.8, 4) is 0 Å². The van der Waals surface area contributed by atoms with E-state index in [9.17, 15) is 0 Å². The number of hydrogen-bond donors (Lipinski definition) is 1. The van der Waals surface area contributed by atoms with Crippen molar-refractivity contribution in [1.29, 1.82) is 0 Å². The van der Waals surface area contributed by atoms with Crippen LogP contribution in [0, 0.1) is 0 Å². The molecule has 0 aliphatic rings. The van der Waals surface area contributed by atoms with Crippen LogP contribution in [0.25, 0.3) is 0 Å². The van der Waals surface area contributed by atoms with Gasteiger partial charge in [0, 0.05) is 6.61 Å². The lowest BCUT2D eigenvalue weighted by molar-refractivity contribution is 0.302. The Morgan fingerprint density at radius 2 is 1.73 bits per heavy atom. The van der Waals surface area contributed by atoms with Crippen LogP contribution in [0.1, 0.15) is 32.6 Å². The van der Waals surface area contributed by atoms with Gasteiger partial charge in [-0.3, -0.25) is 0 Å². The molecular formula is C10H18O. The van der Waals surface area contributed by atoms with Crippen molar-refractivity contribution in [2.24, 2.45) is 0 Å². The molecule has 11 heavy (non-hydrogen) atoms. The Kier molecular flexibility index (Phi) is 8.96. The Labute approximate surface area is 69.4 Å². The highest BCUT2D eigenvalue weighted by Crippen LogP contribution is 1.94. The first-order valence-electron chi connectivity index (χ1n) is 4.34. The fourth-order valence-electron chi connectivity index (χ4n) is 0.746. The van der Waals surface area contributed by atoms with Gasteiger partial charge in [-0.25, -0.2) is 0 Å². The quantitative estimate of drug-likeness (QED) is 0.460. The van der Waals surface area contributed by atoms with Crippen molar-refractivity contribution in [1.82, 2.24) is 0 Å². The molecule has 0 saturated carbocycles. The molecule has 1 heteroatoms. The molecule has 0 aliphatic carbocycles. The number of rotatable bonds is 6. The van der Waals surface area contributed by atoms with Crippen LogP contribution in [-0.4, -0.2) is 11.7 Å². The van der Waals surface area contributed by atoms with Crippen LogP contribution in [0.5, 0.6) is 0 Å². The van der Waals surface area contributed by atoms with Crippen LogP contribution < -0.4 is 0 Å². The van der Waals surface area contributed by atoms with Gasteiger partial charge >= 0.3 is 0 Å². The lowest BCUT2D eigenvalue weighted by Gasteiger charge is -1.85. The summed E-state index contributed by atoms with van der Waals surface area (Å²) in [5.41, 5.74) is 0. The summed E-state index contributed by atoms with van der Waals surface area (Å²) in [6, 6.07) is 0. The summed E-state index contributed by atoms with van der Waals surface area (Å²) in [7, 11) is 0. The van der Waals surface area contributed by atoms with Gasteiger partial charge in [0.25, 0.3) is 0 Å². The van der Waals surface area contributed by atoms with E-state index in [4.69, 9.17) is 5.11 Å². The van der Waals surface area contributed by atoms with E-state index in [1.807, 2.05) is 18.2 Å². The first kappa shape index (κ1) is 10.4. The smallest absolute Gasteiger partial charge is 0.0465 e. The molecular weight excluding hydrogens is 136 g/mol. The summed E-state index contributed by atoms with van der Waals surface area (Å²) < 4.78 is 0. The minimum absolute atomic E-state index is 0.249.